The van der Waals surface area contributed by atoms with E-state index in [2.05, 4.69) is 15.6 Å². The van der Waals surface area contributed by atoms with Gasteiger partial charge in [-0.3, -0.25) is 4.79 Å². The van der Waals surface area contributed by atoms with Crippen molar-refractivity contribution < 1.29 is 9.53 Å². The molecule has 1 rings (SSSR count). The van der Waals surface area contributed by atoms with Gasteiger partial charge in [0.1, 0.15) is 11.0 Å². The Morgan fingerprint density at radius 2 is 2.39 bits per heavy atom. The van der Waals surface area contributed by atoms with E-state index in [1.54, 1.807) is 7.11 Å². The number of nitrogens with one attached hydrogen (secondary N) is 2. The van der Waals surface area contributed by atoms with Crippen molar-refractivity contribution in [2.75, 3.05) is 32.1 Å². The third-order valence-electron chi connectivity index (χ3n) is 1.98. The molecular formula is C11H13ClN4O2. The number of carbonyl (C=O) groups is 1. The van der Waals surface area contributed by atoms with Crippen LogP contribution in [-0.4, -0.2) is 37.7 Å². The molecule has 0 fully saturated rings. The second-order valence-corrected chi connectivity index (χ2v) is 3.76. The van der Waals surface area contributed by atoms with Crippen LogP contribution < -0.4 is 10.6 Å². The molecule has 0 aromatic carbocycles. The summed E-state index contributed by atoms with van der Waals surface area (Å²) in [4.78, 5) is 15.3. The quantitative estimate of drug-likeness (QED) is 0.588. The monoisotopic (exact) mass is 268 g/mol. The fourth-order valence-corrected chi connectivity index (χ4v) is 1.39. The zero-order chi connectivity index (χ0) is 13.4. The van der Waals surface area contributed by atoms with Gasteiger partial charge in [0.05, 0.1) is 24.8 Å². The predicted octanol–water partition coefficient (Wildman–Crippen LogP) is 0.781. The van der Waals surface area contributed by atoms with Crippen LogP contribution in [0.5, 0.6) is 0 Å². The van der Waals surface area contributed by atoms with Gasteiger partial charge in [-0.15, -0.1) is 0 Å². The van der Waals surface area contributed by atoms with E-state index in [4.69, 9.17) is 21.6 Å². The molecule has 0 unspecified atom stereocenters. The lowest BCUT2D eigenvalue weighted by Gasteiger charge is -2.07. The van der Waals surface area contributed by atoms with Gasteiger partial charge in [-0.1, -0.05) is 11.6 Å². The number of anilines is 1. The van der Waals surface area contributed by atoms with Gasteiger partial charge < -0.3 is 15.4 Å². The summed E-state index contributed by atoms with van der Waals surface area (Å²) in [5.41, 5.74) is 0.386. The lowest BCUT2D eigenvalue weighted by Crippen LogP contribution is -2.32. The number of carbonyl (C=O) groups excluding carboxylic acids is 1. The van der Waals surface area contributed by atoms with E-state index in [-0.39, 0.29) is 17.6 Å². The number of ether oxygens (including phenoxy) is 1. The predicted molar refractivity (Wildman–Crippen MR) is 67.3 cm³/mol. The SMILES string of the molecule is COCCNC(=O)CNc1cc(C#N)cc(Cl)n1. The third-order valence-corrected chi connectivity index (χ3v) is 2.18. The molecular weight excluding hydrogens is 256 g/mol. The minimum absolute atomic E-state index is 0.0575. The number of hydrogen-bond donors (Lipinski definition) is 2. The summed E-state index contributed by atoms with van der Waals surface area (Å²) < 4.78 is 4.80. The van der Waals surface area contributed by atoms with Crippen LogP contribution in [0.15, 0.2) is 12.1 Å². The van der Waals surface area contributed by atoms with Gasteiger partial charge in [0.2, 0.25) is 5.91 Å². The van der Waals surface area contributed by atoms with Gasteiger partial charge in [0.25, 0.3) is 0 Å². The number of amides is 1. The van der Waals surface area contributed by atoms with Crippen molar-refractivity contribution >= 4 is 23.3 Å². The van der Waals surface area contributed by atoms with Crippen LogP contribution in [0.1, 0.15) is 5.56 Å². The second kappa shape index (κ2) is 7.48. The fraction of sp³-hybridized carbons (Fsp3) is 0.364. The van der Waals surface area contributed by atoms with Crippen LogP contribution in [0.25, 0.3) is 0 Å². The average molecular weight is 269 g/mol. The normalized spacial score (nSPS) is 9.61. The first-order valence-corrected chi connectivity index (χ1v) is 5.60. The van der Waals surface area contributed by atoms with Gasteiger partial charge in [-0.05, 0) is 12.1 Å². The van der Waals surface area contributed by atoms with Gasteiger partial charge >= 0.3 is 0 Å². The van der Waals surface area contributed by atoms with Gasteiger partial charge in [-0.2, -0.15) is 5.26 Å². The maximum Gasteiger partial charge on any atom is 0.239 e. The van der Waals surface area contributed by atoms with Crippen molar-refractivity contribution in [3.8, 4) is 6.07 Å². The summed E-state index contributed by atoms with van der Waals surface area (Å²) in [6.45, 7) is 0.963. The molecule has 96 valence electrons. The van der Waals surface area contributed by atoms with Crippen LogP contribution in [0.3, 0.4) is 0 Å². The molecule has 0 saturated heterocycles. The molecule has 2 N–H and O–H groups in total. The van der Waals surface area contributed by atoms with E-state index >= 15 is 0 Å². The molecule has 1 heterocycles. The van der Waals surface area contributed by atoms with Crippen molar-refractivity contribution in [2.45, 2.75) is 0 Å². The van der Waals surface area contributed by atoms with Gasteiger partial charge in [0.15, 0.2) is 0 Å². The number of aromatic nitrogens is 1. The Balaban J connectivity index is 2.46. The van der Waals surface area contributed by atoms with Crippen LogP contribution in [0.2, 0.25) is 5.15 Å². The van der Waals surface area contributed by atoms with E-state index in [0.717, 1.165) is 0 Å². The average Bonchev–Trinajstić information content (AvgIpc) is 2.36. The Morgan fingerprint density at radius 3 is 3.06 bits per heavy atom. The maximum absolute atomic E-state index is 11.4. The Hall–Kier alpha value is -1.84. The molecule has 0 radical (unpaired) electrons. The molecule has 0 spiro atoms. The topological polar surface area (TPSA) is 87.0 Å². The molecule has 0 aliphatic rings. The highest BCUT2D eigenvalue weighted by Gasteiger charge is 2.03. The zero-order valence-corrected chi connectivity index (χ0v) is 10.6. The highest BCUT2D eigenvalue weighted by molar-refractivity contribution is 6.29. The molecule has 6 nitrogen and oxygen atoms in total. The van der Waals surface area contributed by atoms with Crippen molar-refractivity contribution in [1.82, 2.24) is 10.3 Å². The number of pyridine rings is 1. The largest absolute Gasteiger partial charge is 0.383 e. The second-order valence-electron chi connectivity index (χ2n) is 3.37. The van der Waals surface area contributed by atoms with Crippen LogP contribution in [0, 0.1) is 11.3 Å². The van der Waals surface area contributed by atoms with Gasteiger partial charge in [0, 0.05) is 13.7 Å². The molecule has 1 aromatic heterocycles. The molecule has 0 atom stereocenters. The van der Waals surface area contributed by atoms with Crippen molar-refractivity contribution in [3.05, 3.63) is 22.8 Å². The summed E-state index contributed by atoms with van der Waals surface area (Å²) in [5, 5.41) is 14.4. The van der Waals surface area contributed by atoms with E-state index in [1.165, 1.54) is 12.1 Å². The fourth-order valence-electron chi connectivity index (χ4n) is 1.18. The summed E-state index contributed by atoms with van der Waals surface area (Å²) in [7, 11) is 1.56. The summed E-state index contributed by atoms with van der Waals surface area (Å²) in [6, 6.07) is 4.93. The smallest absolute Gasteiger partial charge is 0.239 e. The van der Waals surface area contributed by atoms with Crippen LogP contribution in [-0.2, 0) is 9.53 Å². The number of rotatable bonds is 6. The van der Waals surface area contributed by atoms with E-state index < -0.39 is 0 Å². The highest BCUT2D eigenvalue weighted by atomic mass is 35.5. The van der Waals surface area contributed by atoms with E-state index in [1.807, 2.05) is 6.07 Å². The first-order valence-electron chi connectivity index (χ1n) is 5.23. The van der Waals surface area contributed by atoms with E-state index in [9.17, 15) is 4.79 Å². The van der Waals surface area contributed by atoms with Crippen molar-refractivity contribution in [3.63, 3.8) is 0 Å². The molecule has 0 aliphatic heterocycles. The lowest BCUT2D eigenvalue weighted by atomic mass is 10.3. The summed E-state index contributed by atoms with van der Waals surface area (Å²) in [6.07, 6.45) is 0. The lowest BCUT2D eigenvalue weighted by molar-refractivity contribution is -0.119. The number of hydrogen-bond acceptors (Lipinski definition) is 5. The molecule has 0 aliphatic carbocycles. The first-order chi connectivity index (χ1) is 8.65. The molecule has 0 saturated carbocycles. The highest BCUT2D eigenvalue weighted by Crippen LogP contribution is 2.13. The molecule has 18 heavy (non-hydrogen) atoms. The zero-order valence-electron chi connectivity index (χ0n) is 9.86. The number of nitriles is 1. The third kappa shape index (κ3) is 4.99. The van der Waals surface area contributed by atoms with Crippen LogP contribution in [0.4, 0.5) is 5.82 Å². The molecule has 0 bridgehead atoms. The minimum Gasteiger partial charge on any atom is -0.383 e. The Kier molecular flexibility index (Phi) is 5.91. The number of methoxy groups -OCH3 is 1. The van der Waals surface area contributed by atoms with Crippen molar-refractivity contribution in [1.29, 1.82) is 5.26 Å². The van der Waals surface area contributed by atoms with Crippen LogP contribution >= 0.6 is 11.6 Å². The number of nitrogens with zero attached hydrogens (tertiary/aromatic N) is 2. The van der Waals surface area contributed by atoms with Gasteiger partial charge in [-0.25, -0.2) is 4.98 Å². The van der Waals surface area contributed by atoms with Crippen molar-refractivity contribution in [2.24, 2.45) is 0 Å². The Morgan fingerprint density at radius 1 is 1.61 bits per heavy atom. The summed E-state index contributed by atoms with van der Waals surface area (Å²) >= 11 is 5.73. The Bertz CT molecular complexity index is 459. The molecule has 7 heteroatoms. The maximum atomic E-state index is 11.4. The molecule has 1 aromatic rings. The number of halogens is 1. The molecule has 1 amide bonds. The Labute approximate surface area is 110 Å². The standard InChI is InChI=1S/C11H13ClN4O2/c1-18-3-2-14-11(17)7-15-10-5-8(6-13)4-9(12)16-10/h4-5H,2-3,7H2,1H3,(H,14,17)(H,15,16). The first kappa shape index (κ1) is 14.2. The minimum atomic E-state index is -0.188. The summed E-state index contributed by atoms with van der Waals surface area (Å²) in [5.74, 6) is 0.202. The van der Waals surface area contributed by atoms with E-state index in [0.29, 0.717) is 24.5 Å².